The molecule has 0 unspecified atom stereocenters. The Kier molecular flexibility index (Phi) is 7.65. The second-order valence-corrected chi connectivity index (χ2v) is 6.69. The maximum Gasteiger partial charge on any atom is 0.236 e. The third kappa shape index (κ3) is 6.32. The zero-order valence-electron chi connectivity index (χ0n) is 15.5. The summed E-state index contributed by atoms with van der Waals surface area (Å²) in [6.45, 7) is 7.53. The third-order valence-corrected chi connectivity index (χ3v) is 4.40. The molecule has 2 rings (SSSR count). The highest BCUT2D eigenvalue weighted by molar-refractivity contribution is 8.01. The van der Waals surface area contributed by atoms with Crippen molar-refractivity contribution in [2.75, 3.05) is 0 Å². The molecule has 0 saturated heterocycles. The zero-order chi connectivity index (χ0) is 19.6. The van der Waals surface area contributed by atoms with Crippen LogP contribution in [0.2, 0.25) is 0 Å². The van der Waals surface area contributed by atoms with Gasteiger partial charge in [-0.15, -0.1) is 0 Å². The number of aromatic nitrogens is 2. The number of hydrogen-bond acceptors (Lipinski definition) is 4. The predicted molar refractivity (Wildman–Crippen MR) is 110 cm³/mol. The molecule has 1 amide bonds. The number of rotatable bonds is 8. The minimum absolute atomic E-state index is 0.119. The van der Waals surface area contributed by atoms with Crippen molar-refractivity contribution in [2.45, 2.75) is 26.7 Å². The molecule has 0 spiro atoms. The molecular weight excluding hydrogens is 356 g/mol. The number of aryl methyl sites for hydroxylation is 1. The summed E-state index contributed by atoms with van der Waals surface area (Å²) in [7, 11) is 0. The lowest BCUT2D eigenvalue weighted by molar-refractivity contribution is -0.118. The smallest absolute Gasteiger partial charge is 0.236 e. The normalized spacial score (nSPS) is 11.4. The summed E-state index contributed by atoms with van der Waals surface area (Å²) >= 11 is 1.23. The van der Waals surface area contributed by atoms with Crippen LogP contribution in [0.15, 0.2) is 71.7 Å². The summed E-state index contributed by atoms with van der Waals surface area (Å²) in [6.07, 6.45) is 6.43. The van der Waals surface area contributed by atoms with E-state index in [1.165, 1.54) is 11.9 Å². The van der Waals surface area contributed by atoms with Crippen molar-refractivity contribution < 1.29 is 4.79 Å². The van der Waals surface area contributed by atoms with Gasteiger partial charge in [0.05, 0.1) is 29.6 Å². The standard InChI is InChI=1S/C21H22N4OS/c1-4-8-20(12-11-16(2)15-22)27-24-21(26)14-19-13-17(3)23-25(19)18-9-6-5-7-10-18/h5-13H,2,4,14H2,1,3H3,(H,24,26)/b12-11-,20-8+. The molecular formula is C21H22N4OS. The fraction of sp³-hybridized carbons (Fsp3) is 0.190. The Morgan fingerprint density at radius 3 is 2.78 bits per heavy atom. The molecule has 0 radical (unpaired) electrons. The molecule has 1 N–H and O–H groups in total. The molecule has 0 aliphatic rings. The van der Waals surface area contributed by atoms with E-state index in [0.717, 1.165) is 28.4 Å². The minimum atomic E-state index is -0.119. The Bertz CT molecular complexity index is 904. The second kappa shape index (κ2) is 10.2. The van der Waals surface area contributed by atoms with E-state index >= 15 is 0 Å². The topological polar surface area (TPSA) is 70.7 Å². The lowest BCUT2D eigenvalue weighted by atomic mass is 10.2. The number of para-hydroxylation sites is 1. The quantitative estimate of drug-likeness (QED) is 0.419. The first-order valence-corrected chi connectivity index (χ1v) is 9.39. The lowest BCUT2D eigenvalue weighted by Gasteiger charge is -2.08. The highest BCUT2D eigenvalue weighted by atomic mass is 32.2. The van der Waals surface area contributed by atoms with Crippen LogP contribution in [0.1, 0.15) is 24.7 Å². The molecule has 5 nitrogen and oxygen atoms in total. The predicted octanol–water partition coefficient (Wildman–Crippen LogP) is 4.42. The molecule has 1 aromatic carbocycles. The van der Waals surface area contributed by atoms with Gasteiger partial charge in [0, 0.05) is 10.5 Å². The van der Waals surface area contributed by atoms with Crippen molar-refractivity contribution in [3.05, 3.63) is 83.1 Å². The van der Waals surface area contributed by atoms with Gasteiger partial charge in [0.1, 0.15) is 0 Å². The van der Waals surface area contributed by atoms with E-state index in [9.17, 15) is 4.79 Å². The minimum Gasteiger partial charge on any atom is -0.296 e. The van der Waals surface area contributed by atoms with Crippen LogP contribution >= 0.6 is 11.9 Å². The van der Waals surface area contributed by atoms with Gasteiger partial charge in [-0.3, -0.25) is 9.52 Å². The average molecular weight is 379 g/mol. The number of nitrogens with zero attached hydrogens (tertiary/aromatic N) is 3. The highest BCUT2D eigenvalue weighted by Gasteiger charge is 2.12. The number of allylic oxidation sites excluding steroid dienone is 4. The van der Waals surface area contributed by atoms with E-state index < -0.39 is 0 Å². The van der Waals surface area contributed by atoms with Gasteiger partial charge in [0.25, 0.3) is 0 Å². The van der Waals surface area contributed by atoms with Crippen molar-refractivity contribution in [1.82, 2.24) is 14.5 Å². The average Bonchev–Trinajstić information content (AvgIpc) is 3.04. The molecule has 1 heterocycles. The molecule has 0 fully saturated rings. The summed E-state index contributed by atoms with van der Waals surface area (Å²) in [5.74, 6) is -0.119. The second-order valence-electron chi connectivity index (χ2n) is 5.81. The Hall–Kier alpha value is -3.04. The molecule has 138 valence electrons. The number of benzene rings is 1. The Morgan fingerprint density at radius 2 is 2.11 bits per heavy atom. The molecule has 0 aliphatic carbocycles. The van der Waals surface area contributed by atoms with Gasteiger partial charge >= 0.3 is 0 Å². The fourth-order valence-electron chi connectivity index (χ4n) is 2.35. The maximum atomic E-state index is 12.4. The van der Waals surface area contributed by atoms with E-state index in [4.69, 9.17) is 5.26 Å². The van der Waals surface area contributed by atoms with E-state index in [2.05, 4.69) is 16.4 Å². The number of carbonyl (C=O) groups is 1. The number of amides is 1. The van der Waals surface area contributed by atoms with Gasteiger partial charge in [-0.1, -0.05) is 37.8 Å². The Morgan fingerprint density at radius 1 is 1.37 bits per heavy atom. The third-order valence-electron chi connectivity index (χ3n) is 3.53. The van der Waals surface area contributed by atoms with Crippen molar-refractivity contribution >= 4 is 17.9 Å². The van der Waals surface area contributed by atoms with Crippen LogP contribution in [0, 0.1) is 18.3 Å². The number of carbonyl (C=O) groups excluding carboxylic acids is 1. The van der Waals surface area contributed by atoms with Crippen molar-refractivity contribution in [3.8, 4) is 11.8 Å². The lowest BCUT2D eigenvalue weighted by Crippen LogP contribution is -2.20. The van der Waals surface area contributed by atoms with Crippen LogP contribution in [0.3, 0.4) is 0 Å². The van der Waals surface area contributed by atoms with Gasteiger partial charge < -0.3 is 0 Å². The number of nitriles is 1. The van der Waals surface area contributed by atoms with Crippen LogP contribution in [0.4, 0.5) is 0 Å². The SMILES string of the molecule is C=C(C#N)/C=C\C(=C/CC)SNC(=O)Cc1cc(C)nn1-c1ccccc1. The summed E-state index contributed by atoms with van der Waals surface area (Å²) in [5, 5.41) is 13.3. The molecule has 0 aliphatic heterocycles. The molecule has 0 atom stereocenters. The number of hydrogen-bond donors (Lipinski definition) is 1. The summed E-state index contributed by atoms with van der Waals surface area (Å²) in [5.41, 5.74) is 2.97. The van der Waals surface area contributed by atoms with Gasteiger partial charge in [-0.2, -0.15) is 10.4 Å². The molecule has 1 aromatic heterocycles. The summed E-state index contributed by atoms with van der Waals surface area (Å²) in [4.78, 5) is 13.3. The Labute approximate surface area is 164 Å². The fourth-order valence-corrected chi connectivity index (χ4v) is 3.04. The Balaban J connectivity index is 2.04. The van der Waals surface area contributed by atoms with Crippen LogP contribution in [0.25, 0.3) is 5.69 Å². The van der Waals surface area contributed by atoms with E-state index in [1.807, 2.05) is 62.4 Å². The molecule has 0 saturated carbocycles. The van der Waals surface area contributed by atoms with Crippen molar-refractivity contribution in [3.63, 3.8) is 0 Å². The maximum absolute atomic E-state index is 12.4. The summed E-state index contributed by atoms with van der Waals surface area (Å²) in [6, 6.07) is 13.6. The first-order chi connectivity index (χ1) is 13.0. The van der Waals surface area contributed by atoms with Crippen LogP contribution < -0.4 is 4.72 Å². The van der Waals surface area contributed by atoms with Crippen molar-refractivity contribution in [1.29, 1.82) is 5.26 Å². The molecule has 2 aromatic rings. The van der Waals surface area contributed by atoms with Crippen molar-refractivity contribution in [2.24, 2.45) is 0 Å². The number of nitrogens with one attached hydrogen (secondary N) is 1. The van der Waals surface area contributed by atoms with Gasteiger partial charge in [0.15, 0.2) is 0 Å². The van der Waals surface area contributed by atoms with E-state index in [0.29, 0.717) is 5.57 Å². The highest BCUT2D eigenvalue weighted by Crippen LogP contribution is 2.17. The van der Waals surface area contributed by atoms with E-state index in [1.54, 1.807) is 16.8 Å². The largest absolute Gasteiger partial charge is 0.296 e. The molecule has 6 heteroatoms. The first kappa shape index (κ1) is 20.3. The monoisotopic (exact) mass is 378 g/mol. The van der Waals surface area contributed by atoms with Gasteiger partial charge in [0.2, 0.25) is 5.91 Å². The van der Waals surface area contributed by atoms with Gasteiger partial charge in [-0.05, 0) is 55.6 Å². The van der Waals surface area contributed by atoms with Crippen LogP contribution in [-0.2, 0) is 11.2 Å². The van der Waals surface area contributed by atoms with E-state index in [-0.39, 0.29) is 12.3 Å². The first-order valence-electron chi connectivity index (χ1n) is 8.57. The summed E-state index contributed by atoms with van der Waals surface area (Å²) < 4.78 is 4.64. The molecule has 27 heavy (non-hydrogen) atoms. The molecule has 0 bridgehead atoms. The zero-order valence-corrected chi connectivity index (χ0v) is 16.3. The van der Waals surface area contributed by atoms with Crippen LogP contribution in [-0.4, -0.2) is 15.7 Å². The van der Waals surface area contributed by atoms with Gasteiger partial charge in [-0.25, -0.2) is 4.68 Å². The van der Waals surface area contributed by atoms with Crippen LogP contribution in [0.5, 0.6) is 0 Å².